The van der Waals surface area contributed by atoms with Crippen molar-refractivity contribution < 1.29 is 14.4 Å². The maximum Gasteiger partial charge on any atom is 0.255 e. The van der Waals surface area contributed by atoms with Gasteiger partial charge in [-0.05, 0) is 29.8 Å². The van der Waals surface area contributed by atoms with Crippen molar-refractivity contribution in [2.24, 2.45) is 5.92 Å². The van der Waals surface area contributed by atoms with Gasteiger partial charge in [0.15, 0.2) is 0 Å². The van der Waals surface area contributed by atoms with E-state index in [2.05, 4.69) is 10.6 Å². The predicted molar refractivity (Wildman–Crippen MR) is 115 cm³/mol. The summed E-state index contributed by atoms with van der Waals surface area (Å²) in [5, 5.41) is 5.76. The lowest BCUT2D eigenvalue weighted by molar-refractivity contribution is -0.124. The number of anilines is 1. The summed E-state index contributed by atoms with van der Waals surface area (Å²) in [4.78, 5) is 38.8. The third-order valence-corrected chi connectivity index (χ3v) is 5.69. The van der Waals surface area contributed by atoms with Crippen molar-refractivity contribution in [3.63, 3.8) is 0 Å². The van der Waals surface area contributed by atoms with Crippen molar-refractivity contribution in [1.82, 2.24) is 10.2 Å². The van der Waals surface area contributed by atoms with Crippen LogP contribution < -0.4 is 10.6 Å². The summed E-state index contributed by atoms with van der Waals surface area (Å²) in [6.07, 6.45) is 0. The average molecular weight is 412 g/mol. The second-order valence-electron chi connectivity index (χ2n) is 7.22. The van der Waals surface area contributed by atoms with E-state index in [-0.39, 0.29) is 23.6 Å². The minimum Gasteiger partial charge on any atom is -0.350 e. The highest BCUT2D eigenvalue weighted by atomic mass is 32.2. The normalized spacial score (nSPS) is 16.0. The molecule has 7 heteroatoms. The number of hydrogen-bond donors (Lipinski definition) is 2. The molecule has 2 aromatic rings. The molecular weight excluding hydrogens is 386 g/mol. The van der Waals surface area contributed by atoms with E-state index in [1.165, 1.54) is 0 Å². The fourth-order valence-corrected chi connectivity index (χ4v) is 4.06. The highest BCUT2D eigenvalue weighted by Crippen LogP contribution is 2.23. The minimum absolute atomic E-state index is 0.0343. The van der Waals surface area contributed by atoms with E-state index < -0.39 is 6.04 Å². The summed E-state index contributed by atoms with van der Waals surface area (Å²) in [6, 6.07) is 15.9. The number of thioether (sulfide) groups is 1. The van der Waals surface area contributed by atoms with Crippen LogP contribution >= 0.6 is 11.8 Å². The Morgan fingerprint density at radius 3 is 2.41 bits per heavy atom. The molecular formula is C22H25N3O3S. The number of carbonyl (C=O) groups excluding carboxylic acids is 3. The Kier molecular flexibility index (Phi) is 6.93. The number of nitrogens with one attached hydrogen (secondary N) is 2. The van der Waals surface area contributed by atoms with Crippen LogP contribution in [0, 0.1) is 5.92 Å². The first kappa shape index (κ1) is 20.9. The van der Waals surface area contributed by atoms with Gasteiger partial charge in [0.25, 0.3) is 5.91 Å². The largest absolute Gasteiger partial charge is 0.350 e. The van der Waals surface area contributed by atoms with E-state index in [4.69, 9.17) is 0 Å². The first-order valence-electron chi connectivity index (χ1n) is 9.57. The summed E-state index contributed by atoms with van der Waals surface area (Å²) >= 11 is 1.58. The van der Waals surface area contributed by atoms with Crippen molar-refractivity contribution in [3.05, 3.63) is 65.7 Å². The summed E-state index contributed by atoms with van der Waals surface area (Å²) in [5.41, 5.74) is 2.24. The van der Waals surface area contributed by atoms with Gasteiger partial charge in [-0.25, -0.2) is 0 Å². The van der Waals surface area contributed by atoms with Crippen LogP contribution in [0.2, 0.25) is 0 Å². The molecule has 3 rings (SSSR count). The van der Waals surface area contributed by atoms with Crippen molar-refractivity contribution in [1.29, 1.82) is 0 Å². The number of carbonyl (C=O) groups is 3. The number of benzene rings is 2. The molecule has 2 N–H and O–H groups in total. The third kappa shape index (κ3) is 5.38. The molecule has 152 valence electrons. The third-order valence-electron chi connectivity index (χ3n) is 4.68. The second kappa shape index (κ2) is 9.60. The number of amides is 3. The zero-order valence-corrected chi connectivity index (χ0v) is 17.4. The molecule has 0 aromatic heterocycles. The van der Waals surface area contributed by atoms with Crippen LogP contribution in [0.5, 0.6) is 0 Å². The molecule has 0 bridgehead atoms. The molecule has 0 aliphatic carbocycles. The summed E-state index contributed by atoms with van der Waals surface area (Å²) in [7, 11) is 0. The topological polar surface area (TPSA) is 78.5 Å². The van der Waals surface area contributed by atoms with Gasteiger partial charge in [0.1, 0.15) is 6.04 Å². The van der Waals surface area contributed by atoms with E-state index in [0.29, 0.717) is 23.7 Å². The highest BCUT2D eigenvalue weighted by molar-refractivity contribution is 7.99. The minimum atomic E-state index is -0.475. The Bertz CT molecular complexity index is 869. The fourth-order valence-electron chi connectivity index (χ4n) is 2.91. The van der Waals surface area contributed by atoms with Crippen molar-refractivity contribution in [2.45, 2.75) is 26.4 Å². The quantitative estimate of drug-likeness (QED) is 0.766. The van der Waals surface area contributed by atoms with E-state index in [0.717, 1.165) is 11.3 Å². The van der Waals surface area contributed by atoms with Crippen LogP contribution in [0.25, 0.3) is 0 Å². The molecule has 1 aliphatic rings. The molecule has 1 atom stereocenters. The van der Waals surface area contributed by atoms with Crippen molar-refractivity contribution in [2.75, 3.05) is 16.9 Å². The Hall–Kier alpha value is -2.80. The fraction of sp³-hybridized carbons (Fsp3) is 0.318. The molecule has 1 heterocycles. The lowest BCUT2D eigenvalue weighted by Gasteiger charge is -2.23. The molecule has 29 heavy (non-hydrogen) atoms. The molecule has 1 fully saturated rings. The van der Waals surface area contributed by atoms with Crippen LogP contribution in [0.15, 0.2) is 54.6 Å². The monoisotopic (exact) mass is 411 g/mol. The molecule has 1 aliphatic heterocycles. The molecule has 6 nitrogen and oxygen atoms in total. The number of hydrogen-bond acceptors (Lipinski definition) is 4. The van der Waals surface area contributed by atoms with E-state index >= 15 is 0 Å². The lowest BCUT2D eigenvalue weighted by atomic mass is 10.1. The van der Waals surface area contributed by atoms with Crippen LogP contribution in [-0.4, -0.2) is 40.3 Å². The van der Waals surface area contributed by atoms with E-state index in [1.54, 1.807) is 28.8 Å². The van der Waals surface area contributed by atoms with Crippen LogP contribution in [-0.2, 0) is 16.1 Å². The van der Waals surface area contributed by atoms with Gasteiger partial charge in [-0.2, -0.15) is 0 Å². The zero-order valence-electron chi connectivity index (χ0n) is 16.6. The molecule has 3 amide bonds. The molecule has 0 unspecified atom stereocenters. The van der Waals surface area contributed by atoms with Gasteiger partial charge in [-0.15, -0.1) is 11.8 Å². The van der Waals surface area contributed by atoms with Crippen LogP contribution in [0.4, 0.5) is 5.69 Å². The summed E-state index contributed by atoms with van der Waals surface area (Å²) < 4.78 is 0. The summed E-state index contributed by atoms with van der Waals surface area (Å²) in [6.45, 7) is 4.05. The first-order valence-corrected chi connectivity index (χ1v) is 10.7. The Labute approximate surface area is 175 Å². The van der Waals surface area contributed by atoms with Gasteiger partial charge in [-0.3, -0.25) is 14.4 Å². The molecule has 0 spiro atoms. The average Bonchev–Trinajstić information content (AvgIpc) is 3.23. The van der Waals surface area contributed by atoms with Gasteiger partial charge in [0.2, 0.25) is 11.8 Å². The maximum absolute atomic E-state index is 12.7. The SMILES string of the molecule is CC(C)C(=O)Nc1ccc(CNC(=O)[C@@H]2CSCN2C(=O)c2ccccc2)cc1. The van der Waals surface area contributed by atoms with Crippen molar-refractivity contribution in [3.8, 4) is 0 Å². The Morgan fingerprint density at radius 1 is 1.07 bits per heavy atom. The van der Waals surface area contributed by atoms with E-state index in [1.807, 2.05) is 56.3 Å². The lowest BCUT2D eigenvalue weighted by Crippen LogP contribution is -2.47. The van der Waals surface area contributed by atoms with E-state index in [9.17, 15) is 14.4 Å². The van der Waals surface area contributed by atoms with Crippen molar-refractivity contribution >= 4 is 35.2 Å². The van der Waals surface area contributed by atoms with Crippen LogP contribution in [0.1, 0.15) is 29.8 Å². The first-order chi connectivity index (χ1) is 14.0. The number of nitrogens with zero attached hydrogens (tertiary/aromatic N) is 1. The van der Waals surface area contributed by atoms with Gasteiger partial charge < -0.3 is 15.5 Å². The van der Waals surface area contributed by atoms with Gasteiger partial charge in [0.05, 0.1) is 5.88 Å². The molecule has 2 aromatic carbocycles. The van der Waals surface area contributed by atoms with Gasteiger partial charge in [-0.1, -0.05) is 44.2 Å². The molecule has 1 saturated heterocycles. The summed E-state index contributed by atoms with van der Waals surface area (Å²) in [5.74, 6) is 0.700. The maximum atomic E-state index is 12.7. The molecule has 0 radical (unpaired) electrons. The number of rotatable bonds is 6. The smallest absolute Gasteiger partial charge is 0.255 e. The second-order valence-corrected chi connectivity index (χ2v) is 8.22. The van der Waals surface area contributed by atoms with Gasteiger partial charge in [0, 0.05) is 29.5 Å². The van der Waals surface area contributed by atoms with Crippen LogP contribution in [0.3, 0.4) is 0 Å². The molecule has 0 saturated carbocycles. The highest BCUT2D eigenvalue weighted by Gasteiger charge is 2.34. The Balaban J connectivity index is 1.56. The standard InChI is InChI=1S/C22H25N3O3S/c1-15(2)20(26)24-18-10-8-16(9-11-18)12-23-21(27)19-13-29-14-25(19)22(28)17-6-4-3-5-7-17/h3-11,15,19H,12-14H2,1-2H3,(H,23,27)(H,24,26)/t19-/m0/s1. The zero-order chi connectivity index (χ0) is 20.8. The Morgan fingerprint density at radius 2 is 1.76 bits per heavy atom. The predicted octanol–water partition coefficient (Wildman–Crippen LogP) is 3.11. The van der Waals surface area contributed by atoms with Gasteiger partial charge >= 0.3 is 0 Å².